The van der Waals surface area contributed by atoms with Crippen molar-refractivity contribution in [2.24, 2.45) is 5.73 Å². The SMILES string of the molecule is NC(=O)CC=Cc1ccc(C=O)c(Cl)c1. The molecular formula is C11H10ClNO2. The summed E-state index contributed by atoms with van der Waals surface area (Å²) in [6.07, 6.45) is 4.26. The maximum absolute atomic E-state index is 10.5. The molecule has 0 heterocycles. The third-order valence-corrected chi connectivity index (χ3v) is 2.11. The Labute approximate surface area is 92.5 Å². The predicted octanol–water partition coefficient (Wildman–Crippen LogP) is 2.04. The van der Waals surface area contributed by atoms with E-state index >= 15 is 0 Å². The number of rotatable bonds is 4. The molecule has 0 unspecified atom stereocenters. The van der Waals surface area contributed by atoms with Gasteiger partial charge in [-0.2, -0.15) is 0 Å². The van der Waals surface area contributed by atoms with Crippen molar-refractivity contribution < 1.29 is 9.59 Å². The summed E-state index contributed by atoms with van der Waals surface area (Å²) in [4.78, 5) is 20.9. The van der Waals surface area contributed by atoms with Gasteiger partial charge >= 0.3 is 0 Å². The number of nitrogens with two attached hydrogens (primary N) is 1. The van der Waals surface area contributed by atoms with Crippen molar-refractivity contribution in [1.29, 1.82) is 0 Å². The van der Waals surface area contributed by atoms with Crippen LogP contribution in [0.3, 0.4) is 0 Å². The number of primary amides is 1. The highest BCUT2D eigenvalue weighted by molar-refractivity contribution is 6.33. The molecule has 0 radical (unpaired) electrons. The molecule has 0 fully saturated rings. The van der Waals surface area contributed by atoms with E-state index in [4.69, 9.17) is 17.3 Å². The van der Waals surface area contributed by atoms with Gasteiger partial charge < -0.3 is 5.73 Å². The molecule has 0 bridgehead atoms. The third kappa shape index (κ3) is 3.56. The van der Waals surface area contributed by atoms with E-state index in [1.54, 1.807) is 30.4 Å². The Morgan fingerprint density at radius 1 is 1.47 bits per heavy atom. The first kappa shape index (κ1) is 11.5. The van der Waals surface area contributed by atoms with Gasteiger partial charge in [0.1, 0.15) is 0 Å². The van der Waals surface area contributed by atoms with E-state index in [0.717, 1.165) is 5.56 Å². The average molecular weight is 224 g/mol. The molecule has 0 aliphatic heterocycles. The van der Waals surface area contributed by atoms with Crippen molar-refractivity contribution in [3.8, 4) is 0 Å². The zero-order chi connectivity index (χ0) is 11.3. The standard InChI is InChI=1S/C11H10ClNO2/c12-10-6-8(2-1-3-11(13)15)4-5-9(10)7-14/h1-2,4-7H,3H2,(H2,13,15). The summed E-state index contributed by atoms with van der Waals surface area (Å²) in [5, 5.41) is 0.395. The number of carbonyl (C=O) groups excluding carboxylic acids is 2. The molecule has 0 aliphatic carbocycles. The molecule has 78 valence electrons. The van der Waals surface area contributed by atoms with E-state index in [0.29, 0.717) is 16.9 Å². The van der Waals surface area contributed by atoms with Gasteiger partial charge in [-0.1, -0.05) is 29.8 Å². The fraction of sp³-hybridized carbons (Fsp3) is 0.0909. The molecule has 1 rings (SSSR count). The minimum atomic E-state index is -0.387. The Bertz CT molecular complexity index is 413. The van der Waals surface area contributed by atoms with Gasteiger partial charge in [0.2, 0.25) is 5.91 Å². The molecule has 1 aromatic rings. The molecule has 0 spiro atoms. The van der Waals surface area contributed by atoms with Crippen LogP contribution in [0.1, 0.15) is 22.3 Å². The summed E-state index contributed by atoms with van der Waals surface area (Å²) in [6.45, 7) is 0. The largest absolute Gasteiger partial charge is 0.369 e. The van der Waals surface area contributed by atoms with Gasteiger partial charge in [-0.15, -0.1) is 0 Å². The summed E-state index contributed by atoms with van der Waals surface area (Å²) >= 11 is 5.81. The highest BCUT2D eigenvalue weighted by Crippen LogP contribution is 2.17. The molecule has 1 aromatic carbocycles. The van der Waals surface area contributed by atoms with Crippen molar-refractivity contribution in [3.05, 3.63) is 40.4 Å². The summed E-state index contributed by atoms with van der Waals surface area (Å²) in [5.41, 5.74) is 6.24. The van der Waals surface area contributed by atoms with Crippen LogP contribution in [0, 0.1) is 0 Å². The molecular weight excluding hydrogens is 214 g/mol. The van der Waals surface area contributed by atoms with Crippen molar-refractivity contribution in [1.82, 2.24) is 0 Å². The monoisotopic (exact) mass is 223 g/mol. The lowest BCUT2D eigenvalue weighted by molar-refractivity contribution is -0.117. The van der Waals surface area contributed by atoms with Crippen LogP contribution in [0.5, 0.6) is 0 Å². The number of halogens is 1. The van der Waals surface area contributed by atoms with Crippen LogP contribution in [0.2, 0.25) is 5.02 Å². The van der Waals surface area contributed by atoms with Gasteiger partial charge in [-0.25, -0.2) is 0 Å². The van der Waals surface area contributed by atoms with Gasteiger partial charge in [0, 0.05) is 12.0 Å². The summed E-state index contributed by atoms with van der Waals surface area (Å²) in [5.74, 6) is -0.387. The molecule has 2 N–H and O–H groups in total. The number of hydrogen-bond donors (Lipinski definition) is 1. The normalized spacial score (nSPS) is 10.5. The number of carbonyl (C=O) groups is 2. The predicted molar refractivity (Wildman–Crippen MR) is 59.7 cm³/mol. The van der Waals surface area contributed by atoms with Crippen molar-refractivity contribution >= 4 is 29.9 Å². The highest BCUT2D eigenvalue weighted by atomic mass is 35.5. The molecule has 15 heavy (non-hydrogen) atoms. The molecule has 0 aromatic heterocycles. The van der Waals surface area contributed by atoms with Crippen LogP contribution in [-0.2, 0) is 4.79 Å². The highest BCUT2D eigenvalue weighted by Gasteiger charge is 1.98. The van der Waals surface area contributed by atoms with Gasteiger partial charge in [-0.05, 0) is 17.7 Å². The second-order valence-corrected chi connectivity index (χ2v) is 3.38. The number of amides is 1. The lowest BCUT2D eigenvalue weighted by atomic mass is 10.1. The zero-order valence-corrected chi connectivity index (χ0v) is 8.70. The van der Waals surface area contributed by atoms with Crippen molar-refractivity contribution in [3.63, 3.8) is 0 Å². The van der Waals surface area contributed by atoms with Gasteiger partial charge in [0.15, 0.2) is 6.29 Å². The van der Waals surface area contributed by atoms with E-state index in [9.17, 15) is 9.59 Å². The molecule has 0 saturated heterocycles. The topological polar surface area (TPSA) is 60.2 Å². The fourth-order valence-corrected chi connectivity index (χ4v) is 1.29. The minimum absolute atomic E-state index is 0.188. The van der Waals surface area contributed by atoms with Crippen molar-refractivity contribution in [2.75, 3.05) is 0 Å². The van der Waals surface area contributed by atoms with Crippen molar-refractivity contribution in [2.45, 2.75) is 6.42 Å². The van der Waals surface area contributed by atoms with E-state index in [-0.39, 0.29) is 12.3 Å². The fourth-order valence-electron chi connectivity index (χ4n) is 1.05. The number of benzene rings is 1. The lowest BCUT2D eigenvalue weighted by Crippen LogP contribution is -2.07. The van der Waals surface area contributed by atoms with Gasteiger partial charge in [0.25, 0.3) is 0 Å². The van der Waals surface area contributed by atoms with Crippen LogP contribution >= 0.6 is 11.6 Å². The van der Waals surface area contributed by atoms with Crippen LogP contribution < -0.4 is 5.73 Å². The van der Waals surface area contributed by atoms with Gasteiger partial charge in [-0.3, -0.25) is 9.59 Å². The van der Waals surface area contributed by atoms with E-state index < -0.39 is 0 Å². The summed E-state index contributed by atoms with van der Waals surface area (Å²) < 4.78 is 0. The Kier molecular flexibility index (Phi) is 4.06. The summed E-state index contributed by atoms with van der Waals surface area (Å²) in [7, 11) is 0. The smallest absolute Gasteiger partial charge is 0.221 e. The molecule has 0 aliphatic rings. The first-order valence-corrected chi connectivity index (χ1v) is 4.71. The third-order valence-electron chi connectivity index (χ3n) is 1.78. The zero-order valence-electron chi connectivity index (χ0n) is 7.94. The average Bonchev–Trinajstić information content (AvgIpc) is 2.17. The number of aldehydes is 1. The molecule has 1 amide bonds. The minimum Gasteiger partial charge on any atom is -0.369 e. The molecule has 0 saturated carbocycles. The first-order chi connectivity index (χ1) is 7.13. The Morgan fingerprint density at radius 2 is 2.20 bits per heavy atom. The maximum Gasteiger partial charge on any atom is 0.221 e. The maximum atomic E-state index is 10.5. The molecule has 3 nitrogen and oxygen atoms in total. The first-order valence-electron chi connectivity index (χ1n) is 4.33. The van der Waals surface area contributed by atoms with E-state index in [2.05, 4.69) is 0 Å². The number of hydrogen-bond acceptors (Lipinski definition) is 2. The second kappa shape index (κ2) is 5.32. The Hall–Kier alpha value is -1.61. The quantitative estimate of drug-likeness (QED) is 0.794. The van der Waals surface area contributed by atoms with Crippen LogP contribution in [0.4, 0.5) is 0 Å². The second-order valence-electron chi connectivity index (χ2n) is 2.97. The Morgan fingerprint density at radius 3 is 2.73 bits per heavy atom. The molecule has 4 heteroatoms. The van der Waals surface area contributed by atoms with Crippen LogP contribution in [0.15, 0.2) is 24.3 Å². The summed E-state index contributed by atoms with van der Waals surface area (Å²) in [6, 6.07) is 5.02. The lowest BCUT2D eigenvalue weighted by Gasteiger charge is -1.97. The molecule has 0 atom stereocenters. The van der Waals surface area contributed by atoms with E-state index in [1.165, 1.54) is 0 Å². The van der Waals surface area contributed by atoms with Crippen LogP contribution in [-0.4, -0.2) is 12.2 Å². The van der Waals surface area contributed by atoms with E-state index in [1.807, 2.05) is 0 Å². The van der Waals surface area contributed by atoms with Crippen LogP contribution in [0.25, 0.3) is 6.08 Å². The Balaban J connectivity index is 2.79. The van der Waals surface area contributed by atoms with Gasteiger partial charge in [0.05, 0.1) is 5.02 Å².